The van der Waals surface area contributed by atoms with Crippen molar-refractivity contribution in [3.63, 3.8) is 0 Å². The van der Waals surface area contributed by atoms with E-state index in [-0.39, 0.29) is 10.4 Å². The Balaban J connectivity index is 1.97. The van der Waals surface area contributed by atoms with Gasteiger partial charge in [-0.2, -0.15) is 5.10 Å². The SMILES string of the molecule is NCCNc1nonc1C1=NNC(=O)C1c1ccc(F)c(Br)c1. The van der Waals surface area contributed by atoms with Crippen LogP contribution in [0.15, 0.2) is 32.4 Å². The number of hydrogen-bond donors (Lipinski definition) is 3. The summed E-state index contributed by atoms with van der Waals surface area (Å²) in [6, 6.07) is 4.32. The van der Waals surface area contributed by atoms with Crippen molar-refractivity contribution in [2.24, 2.45) is 10.8 Å². The third kappa shape index (κ3) is 2.94. The van der Waals surface area contributed by atoms with Gasteiger partial charge in [-0.25, -0.2) is 14.4 Å². The largest absolute Gasteiger partial charge is 0.364 e. The maximum Gasteiger partial charge on any atom is 0.253 e. The quantitative estimate of drug-likeness (QED) is 0.708. The zero-order valence-corrected chi connectivity index (χ0v) is 13.3. The van der Waals surface area contributed by atoms with E-state index in [2.05, 4.69) is 42.1 Å². The molecule has 1 aromatic carbocycles. The Morgan fingerprint density at radius 3 is 3.00 bits per heavy atom. The number of rotatable bonds is 5. The molecule has 3 rings (SSSR count). The van der Waals surface area contributed by atoms with Crippen LogP contribution in [0.4, 0.5) is 10.2 Å². The second-order valence-electron chi connectivity index (χ2n) is 4.76. The van der Waals surface area contributed by atoms with Gasteiger partial charge in [0.15, 0.2) is 11.5 Å². The van der Waals surface area contributed by atoms with Gasteiger partial charge in [0.05, 0.1) is 4.47 Å². The molecule has 10 heteroatoms. The number of amides is 1. The van der Waals surface area contributed by atoms with Crippen molar-refractivity contribution in [2.75, 3.05) is 18.4 Å². The van der Waals surface area contributed by atoms with Gasteiger partial charge in [0.25, 0.3) is 5.91 Å². The molecular weight excluding hydrogens is 371 g/mol. The molecule has 0 bridgehead atoms. The topological polar surface area (TPSA) is 118 Å². The van der Waals surface area contributed by atoms with Crippen LogP contribution in [0.1, 0.15) is 17.2 Å². The van der Waals surface area contributed by atoms with Gasteiger partial charge in [-0.1, -0.05) is 6.07 Å². The molecule has 120 valence electrons. The van der Waals surface area contributed by atoms with Crippen molar-refractivity contribution in [2.45, 2.75) is 5.92 Å². The average molecular weight is 383 g/mol. The fourth-order valence-corrected chi connectivity index (χ4v) is 2.62. The lowest BCUT2D eigenvalue weighted by atomic mass is 9.92. The highest BCUT2D eigenvalue weighted by Gasteiger charge is 2.36. The maximum atomic E-state index is 13.4. The summed E-state index contributed by atoms with van der Waals surface area (Å²) in [4.78, 5) is 12.1. The molecule has 0 saturated carbocycles. The van der Waals surface area contributed by atoms with Gasteiger partial charge >= 0.3 is 0 Å². The molecule has 2 aromatic rings. The Hall–Kier alpha value is -2.33. The Bertz CT molecular complexity index is 778. The predicted octanol–water partition coefficient (Wildman–Crippen LogP) is 0.960. The van der Waals surface area contributed by atoms with Crippen LogP contribution in [0.5, 0.6) is 0 Å². The number of anilines is 1. The second kappa shape index (κ2) is 6.42. The van der Waals surface area contributed by atoms with Gasteiger partial charge in [-0.05, 0) is 43.9 Å². The van der Waals surface area contributed by atoms with Crippen molar-refractivity contribution in [3.8, 4) is 0 Å². The van der Waals surface area contributed by atoms with E-state index in [1.807, 2.05) is 0 Å². The molecule has 1 aromatic heterocycles. The highest BCUT2D eigenvalue weighted by atomic mass is 79.9. The molecule has 1 amide bonds. The van der Waals surface area contributed by atoms with Gasteiger partial charge in [0.1, 0.15) is 17.4 Å². The van der Waals surface area contributed by atoms with Crippen molar-refractivity contribution >= 4 is 33.4 Å². The monoisotopic (exact) mass is 382 g/mol. The Labute approximate surface area is 138 Å². The van der Waals surface area contributed by atoms with Crippen molar-refractivity contribution in [1.29, 1.82) is 0 Å². The number of carbonyl (C=O) groups is 1. The summed E-state index contributed by atoms with van der Waals surface area (Å²) >= 11 is 3.11. The van der Waals surface area contributed by atoms with E-state index in [0.29, 0.717) is 35.9 Å². The van der Waals surface area contributed by atoms with E-state index in [1.54, 1.807) is 0 Å². The number of aromatic nitrogens is 2. The number of carbonyl (C=O) groups excluding carboxylic acids is 1. The van der Waals surface area contributed by atoms with Crippen LogP contribution in [-0.4, -0.2) is 35.0 Å². The zero-order valence-electron chi connectivity index (χ0n) is 11.7. The zero-order chi connectivity index (χ0) is 16.4. The summed E-state index contributed by atoms with van der Waals surface area (Å²) < 4.78 is 18.4. The maximum absolute atomic E-state index is 13.4. The van der Waals surface area contributed by atoms with Gasteiger partial charge in [-0.3, -0.25) is 4.79 Å². The fraction of sp³-hybridized carbons (Fsp3) is 0.231. The third-order valence-electron chi connectivity index (χ3n) is 3.27. The average Bonchev–Trinajstić information content (AvgIpc) is 3.14. The van der Waals surface area contributed by atoms with Crippen LogP contribution in [0.2, 0.25) is 0 Å². The molecule has 1 atom stereocenters. The van der Waals surface area contributed by atoms with Gasteiger partial charge in [-0.15, -0.1) is 0 Å². The molecule has 0 radical (unpaired) electrons. The Morgan fingerprint density at radius 2 is 2.26 bits per heavy atom. The lowest BCUT2D eigenvalue weighted by molar-refractivity contribution is -0.120. The van der Waals surface area contributed by atoms with Crippen LogP contribution in [0.3, 0.4) is 0 Å². The predicted molar refractivity (Wildman–Crippen MR) is 83.4 cm³/mol. The molecular formula is C13H12BrFN6O2. The number of hydrazone groups is 1. The minimum absolute atomic E-state index is 0.258. The molecule has 4 N–H and O–H groups in total. The second-order valence-corrected chi connectivity index (χ2v) is 5.61. The summed E-state index contributed by atoms with van der Waals surface area (Å²) in [7, 11) is 0. The normalized spacial score (nSPS) is 17.1. The number of hydrogen-bond acceptors (Lipinski definition) is 7. The summed E-state index contributed by atoms with van der Waals surface area (Å²) in [5.74, 6) is -1.15. The smallest absolute Gasteiger partial charge is 0.253 e. The highest BCUT2D eigenvalue weighted by molar-refractivity contribution is 9.10. The molecule has 0 aliphatic carbocycles. The molecule has 1 unspecified atom stereocenters. The first-order chi connectivity index (χ1) is 11.1. The van der Waals surface area contributed by atoms with Crippen molar-refractivity contribution in [3.05, 3.63) is 39.7 Å². The first kappa shape index (κ1) is 15.6. The number of benzene rings is 1. The van der Waals surface area contributed by atoms with Gasteiger partial charge in [0.2, 0.25) is 0 Å². The van der Waals surface area contributed by atoms with Crippen LogP contribution in [-0.2, 0) is 4.79 Å². The van der Waals surface area contributed by atoms with E-state index in [1.165, 1.54) is 18.2 Å². The van der Waals surface area contributed by atoms with Crippen molar-refractivity contribution < 1.29 is 13.8 Å². The van der Waals surface area contributed by atoms with Crippen LogP contribution < -0.4 is 16.5 Å². The van der Waals surface area contributed by atoms with Crippen LogP contribution in [0.25, 0.3) is 0 Å². The molecule has 1 aliphatic heterocycles. The van der Waals surface area contributed by atoms with Gasteiger partial charge in [0, 0.05) is 13.1 Å². The van der Waals surface area contributed by atoms with Gasteiger partial charge < -0.3 is 11.1 Å². The molecule has 0 fully saturated rings. The van der Waals surface area contributed by atoms with E-state index in [9.17, 15) is 9.18 Å². The number of nitrogens with one attached hydrogen (secondary N) is 2. The minimum atomic E-state index is -0.739. The standard InChI is InChI=1S/C13H12BrFN6O2/c14-7-5-6(1-2-8(7)15)9-10(18-19-13(9)22)11-12(17-4-3-16)21-23-20-11/h1-2,5,9H,3-4,16H2,(H,17,21)(H,19,22). The molecule has 23 heavy (non-hydrogen) atoms. The highest BCUT2D eigenvalue weighted by Crippen LogP contribution is 2.30. The van der Waals surface area contributed by atoms with Crippen LogP contribution >= 0.6 is 15.9 Å². The molecule has 2 heterocycles. The Morgan fingerprint density at radius 1 is 1.43 bits per heavy atom. The lowest BCUT2D eigenvalue weighted by Crippen LogP contribution is -2.23. The molecule has 0 spiro atoms. The number of halogens is 2. The van der Waals surface area contributed by atoms with E-state index >= 15 is 0 Å². The van der Waals surface area contributed by atoms with Crippen molar-refractivity contribution in [1.82, 2.24) is 15.7 Å². The number of nitrogens with two attached hydrogens (primary N) is 1. The van der Waals surface area contributed by atoms with E-state index < -0.39 is 11.7 Å². The van der Waals surface area contributed by atoms with E-state index in [0.717, 1.165) is 0 Å². The first-order valence-corrected chi connectivity index (χ1v) is 7.50. The molecule has 0 saturated heterocycles. The summed E-state index contributed by atoms with van der Waals surface area (Å²) in [6.45, 7) is 0.854. The lowest BCUT2D eigenvalue weighted by Gasteiger charge is -2.11. The first-order valence-electron chi connectivity index (χ1n) is 6.71. The summed E-state index contributed by atoms with van der Waals surface area (Å²) in [5.41, 5.74) is 9.06. The fourth-order valence-electron chi connectivity index (χ4n) is 2.22. The third-order valence-corrected chi connectivity index (χ3v) is 3.87. The summed E-state index contributed by atoms with van der Waals surface area (Å²) in [5, 5.41) is 14.5. The minimum Gasteiger partial charge on any atom is -0.364 e. The summed E-state index contributed by atoms with van der Waals surface area (Å²) in [6.07, 6.45) is 0. The van der Waals surface area contributed by atoms with E-state index in [4.69, 9.17) is 10.4 Å². The molecule has 1 aliphatic rings. The van der Waals surface area contributed by atoms with Crippen LogP contribution in [0, 0.1) is 5.82 Å². The Kier molecular flexibility index (Phi) is 4.35. The molecule has 8 nitrogen and oxygen atoms in total. The number of nitrogens with zero attached hydrogens (tertiary/aromatic N) is 3.